The van der Waals surface area contributed by atoms with Gasteiger partial charge in [0.25, 0.3) is 0 Å². The molecule has 5 atom stereocenters. The highest BCUT2D eigenvalue weighted by Gasteiger charge is 2.73. The summed E-state index contributed by atoms with van der Waals surface area (Å²) in [6, 6.07) is 3.65. The van der Waals surface area contributed by atoms with Crippen LogP contribution in [0, 0.1) is 0 Å². The molecule has 0 amide bonds. The predicted molar refractivity (Wildman–Crippen MR) is 143 cm³/mol. The molecule has 40 heavy (non-hydrogen) atoms. The molecule has 2 aliphatic carbocycles. The summed E-state index contributed by atoms with van der Waals surface area (Å²) in [5, 5.41) is 31.5. The number of aliphatic carboxylic acids is 1. The van der Waals surface area contributed by atoms with E-state index in [1.54, 1.807) is 6.07 Å². The van der Waals surface area contributed by atoms with Crippen LogP contribution in [-0.4, -0.2) is 123 Å². The third kappa shape index (κ3) is 5.36. The summed E-state index contributed by atoms with van der Waals surface area (Å²) in [5.41, 5.74) is 0.542. The highest BCUT2D eigenvalue weighted by atomic mass is 16.6. The summed E-state index contributed by atoms with van der Waals surface area (Å²) in [4.78, 5) is 12.7. The number of phenols is 1. The summed E-state index contributed by atoms with van der Waals surface area (Å²) in [7, 11) is 0. The summed E-state index contributed by atoms with van der Waals surface area (Å²) < 4.78 is 34.1. The summed E-state index contributed by atoms with van der Waals surface area (Å²) >= 11 is 0. The van der Waals surface area contributed by atoms with Crippen molar-refractivity contribution in [1.82, 2.24) is 4.90 Å². The first-order valence-corrected chi connectivity index (χ1v) is 14.2. The zero-order chi connectivity index (χ0) is 28.2. The van der Waals surface area contributed by atoms with E-state index in [0.717, 1.165) is 37.1 Å². The maximum absolute atomic E-state index is 12.4. The second-order valence-corrected chi connectivity index (χ2v) is 10.9. The third-order valence-electron chi connectivity index (χ3n) is 8.78. The molecule has 2 fully saturated rings. The second-order valence-electron chi connectivity index (χ2n) is 10.9. The molecule has 11 nitrogen and oxygen atoms in total. The Hall–Kier alpha value is -2.25. The van der Waals surface area contributed by atoms with Gasteiger partial charge in [-0.1, -0.05) is 12.1 Å². The van der Waals surface area contributed by atoms with Crippen LogP contribution in [0.1, 0.15) is 30.4 Å². The van der Waals surface area contributed by atoms with Crippen molar-refractivity contribution in [2.24, 2.45) is 0 Å². The molecule has 2 bridgehead atoms. The Kier molecular flexibility index (Phi) is 9.31. The molecular formula is C29H41NO10. The van der Waals surface area contributed by atoms with Crippen molar-refractivity contribution in [2.45, 2.75) is 54.9 Å². The predicted octanol–water partition coefficient (Wildman–Crippen LogP) is 1.27. The first kappa shape index (κ1) is 29.2. The topological polar surface area (TPSA) is 136 Å². The number of likely N-dealkylation sites (tertiary alicyclic amines) is 1. The van der Waals surface area contributed by atoms with Gasteiger partial charge in [0.05, 0.1) is 70.0 Å². The van der Waals surface area contributed by atoms with Gasteiger partial charge in [0.15, 0.2) is 11.5 Å². The van der Waals surface area contributed by atoms with Gasteiger partial charge in [0.1, 0.15) is 12.7 Å². The number of aromatic hydroxyl groups is 1. The lowest BCUT2D eigenvalue weighted by molar-refractivity contribution is -0.215. The van der Waals surface area contributed by atoms with E-state index in [2.05, 4.69) is 11.5 Å². The van der Waals surface area contributed by atoms with E-state index in [-0.39, 0.29) is 37.2 Å². The summed E-state index contributed by atoms with van der Waals surface area (Å²) in [6.07, 6.45) is 4.02. The van der Waals surface area contributed by atoms with Crippen molar-refractivity contribution in [3.8, 4) is 11.5 Å². The van der Waals surface area contributed by atoms with Crippen LogP contribution in [0.4, 0.5) is 0 Å². The van der Waals surface area contributed by atoms with E-state index in [1.807, 2.05) is 12.1 Å². The smallest absolute Gasteiger partial charge is 0.329 e. The van der Waals surface area contributed by atoms with Crippen LogP contribution in [0.25, 0.3) is 0 Å². The number of piperidine rings is 1. The van der Waals surface area contributed by atoms with E-state index in [9.17, 15) is 15.0 Å². The minimum absolute atomic E-state index is 0.0340. The van der Waals surface area contributed by atoms with E-state index >= 15 is 0 Å². The van der Waals surface area contributed by atoms with Crippen LogP contribution in [-0.2, 0) is 40.3 Å². The van der Waals surface area contributed by atoms with E-state index in [1.165, 1.54) is 0 Å². The van der Waals surface area contributed by atoms with Gasteiger partial charge in [-0.15, -0.1) is 6.58 Å². The molecule has 222 valence electrons. The number of carboxylic acid groups (broad SMARTS) is 1. The highest BCUT2D eigenvalue weighted by Crippen LogP contribution is 2.65. The molecular weight excluding hydrogens is 522 g/mol. The Morgan fingerprint density at radius 2 is 1.73 bits per heavy atom. The number of rotatable bonds is 17. The molecule has 0 unspecified atom stereocenters. The fourth-order valence-corrected chi connectivity index (χ4v) is 7.22. The number of carboxylic acids is 1. The fourth-order valence-electron chi connectivity index (χ4n) is 7.22. The van der Waals surface area contributed by atoms with E-state index < -0.39 is 17.0 Å². The number of ether oxygens (including phenoxy) is 6. The largest absolute Gasteiger partial charge is 0.504 e. The SMILES string of the molecule is C=CCN1CC[C@]23c4c5ccc(O)c4O[C@H]2[C@@H](OCCOCCOCCOCCOCC(=O)O)CC[C@@]3(O)[C@H]1C5. The summed E-state index contributed by atoms with van der Waals surface area (Å²) in [5.74, 6) is -0.369. The fraction of sp³-hybridized carbons (Fsp3) is 0.690. The minimum atomic E-state index is -1.00. The number of benzene rings is 1. The van der Waals surface area contributed by atoms with Crippen molar-refractivity contribution >= 4 is 5.97 Å². The van der Waals surface area contributed by atoms with Crippen LogP contribution in [0.2, 0.25) is 0 Å². The van der Waals surface area contributed by atoms with Gasteiger partial charge in [-0.05, 0) is 43.9 Å². The molecule has 0 radical (unpaired) electrons. The van der Waals surface area contributed by atoms with Crippen molar-refractivity contribution in [3.05, 3.63) is 35.9 Å². The van der Waals surface area contributed by atoms with Crippen LogP contribution in [0.5, 0.6) is 11.5 Å². The highest BCUT2D eigenvalue weighted by molar-refractivity contribution is 5.68. The number of aliphatic hydroxyl groups is 1. The standard InChI is InChI=1S/C29H41NO10/c1-2-8-30-9-7-28-25-20-3-4-21(31)26(25)40-27(28)22(5-6-29(28,34)23(30)18-20)39-17-16-37-13-12-35-10-11-36-14-15-38-19-24(32)33/h2-4,22-23,27,31,34H,1,5-19H2,(H,32,33)/t22-,23+,27-,28-,29+/m0/s1. The number of phenolic OH excluding ortho intramolecular Hbond substituents is 1. The molecule has 2 heterocycles. The number of hydrogen-bond donors (Lipinski definition) is 3. The van der Waals surface area contributed by atoms with Gasteiger partial charge in [-0.2, -0.15) is 0 Å². The molecule has 3 N–H and O–H groups in total. The average molecular weight is 564 g/mol. The van der Waals surface area contributed by atoms with Crippen molar-refractivity contribution < 1.29 is 48.5 Å². The first-order valence-electron chi connectivity index (χ1n) is 14.2. The molecule has 4 aliphatic rings. The molecule has 1 aromatic carbocycles. The number of carbonyl (C=O) groups is 1. The Balaban J connectivity index is 1.08. The van der Waals surface area contributed by atoms with Gasteiger partial charge in [0, 0.05) is 18.2 Å². The van der Waals surface area contributed by atoms with Crippen LogP contribution < -0.4 is 4.74 Å². The maximum Gasteiger partial charge on any atom is 0.329 e. The summed E-state index contributed by atoms with van der Waals surface area (Å²) in [6.45, 7) is 8.12. The number of hydrogen-bond acceptors (Lipinski definition) is 10. The molecule has 11 heteroatoms. The van der Waals surface area contributed by atoms with Gasteiger partial charge in [-0.3, -0.25) is 4.90 Å². The molecule has 1 spiro atoms. The zero-order valence-electron chi connectivity index (χ0n) is 22.9. The molecule has 0 aromatic heterocycles. The van der Waals surface area contributed by atoms with Gasteiger partial charge < -0.3 is 43.7 Å². The lowest BCUT2D eigenvalue weighted by Gasteiger charge is -2.64. The maximum atomic E-state index is 12.4. The molecule has 2 aliphatic heterocycles. The second kappa shape index (κ2) is 12.7. The van der Waals surface area contributed by atoms with Crippen molar-refractivity contribution in [3.63, 3.8) is 0 Å². The van der Waals surface area contributed by atoms with Crippen LogP contribution in [0.15, 0.2) is 24.8 Å². The monoisotopic (exact) mass is 563 g/mol. The lowest BCUT2D eigenvalue weighted by atomic mass is 9.48. The lowest BCUT2D eigenvalue weighted by Crippen LogP contribution is -2.77. The van der Waals surface area contributed by atoms with Crippen LogP contribution >= 0.6 is 0 Å². The first-order chi connectivity index (χ1) is 19.4. The van der Waals surface area contributed by atoms with E-state index in [0.29, 0.717) is 64.8 Å². The normalized spacial score (nSPS) is 30.1. The Morgan fingerprint density at radius 1 is 1.05 bits per heavy atom. The van der Waals surface area contributed by atoms with Gasteiger partial charge >= 0.3 is 5.97 Å². The quantitative estimate of drug-likeness (QED) is 0.187. The van der Waals surface area contributed by atoms with Crippen LogP contribution in [0.3, 0.4) is 0 Å². The van der Waals surface area contributed by atoms with Crippen molar-refractivity contribution in [2.75, 3.05) is 72.6 Å². The third-order valence-corrected chi connectivity index (χ3v) is 8.78. The average Bonchev–Trinajstić information content (AvgIpc) is 3.29. The molecule has 1 saturated heterocycles. The molecule has 5 rings (SSSR count). The molecule has 1 saturated carbocycles. The van der Waals surface area contributed by atoms with Crippen molar-refractivity contribution in [1.29, 1.82) is 0 Å². The zero-order valence-corrected chi connectivity index (χ0v) is 22.9. The van der Waals surface area contributed by atoms with Gasteiger partial charge in [0.2, 0.25) is 0 Å². The Morgan fingerprint density at radius 3 is 2.40 bits per heavy atom. The Labute approximate surface area is 234 Å². The minimum Gasteiger partial charge on any atom is -0.504 e. The van der Waals surface area contributed by atoms with E-state index in [4.69, 9.17) is 33.5 Å². The Bertz CT molecular complexity index is 1050. The number of nitrogens with zero attached hydrogens (tertiary/aromatic N) is 1. The molecule has 1 aromatic rings. The van der Waals surface area contributed by atoms with Gasteiger partial charge in [-0.25, -0.2) is 4.79 Å².